The Hall–Kier alpha value is -1.84. The third kappa shape index (κ3) is 3.59. The third-order valence-electron chi connectivity index (χ3n) is 2.56. The first kappa shape index (κ1) is 13.2. The Morgan fingerprint density at radius 2 is 2.35 bits per heavy atom. The van der Waals surface area contributed by atoms with Crippen molar-refractivity contribution in [3.8, 4) is 0 Å². The van der Waals surface area contributed by atoms with Gasteiger partial charge in [-0.2, -0.15) is 0 Å². The minimum absolute atomic E-state index is 0.247. The molecule has 1 N–H and O–H groups in total. The summed E-state index contributed by atoms with van der Waals surface area (Å²) in [7, 11) is 1.89. The third-order valence-corrected chi connectivity index (χ3v) is 2.56. The molecule has 0 radical (unpaired) electrons. The first-order valence-corrected chi connectivity index (χ1v) is 5.58. The normalized spacial score (nSPS) is 10.0. The Morgan fingerprint density at radius 1 is 1.65 bits per heavy atom. The quantitative estimate of drug-likeness (QED) is 0.607. The second kappa shape index (κ2) is 6.03. The average molecular weight is 234 g/mol. The van der Waals surface area contributed by atoms with E-state index in [4.69, 9.17) is 5.11 Å². The van der Waals surface area contributed by atoms with Gasteiger partial charge in [-0.3, -0.25) is 4.98 Å². The van der Waals surface area contributed by atoms with E-state index in [0.717, 1.165) is 25.1 Å². The number of nitrogens with zero attached hydrogens (tertiary/aromatic N) is 2. The molecule has 0 bridgehead atoms. The van der Waals surface area contributed by atoms with E-state index in [2.05, 4.69) is 11.6 Å². The average Bonchev–Trinajstić information content (AvgIpc) is 2.28. The van der Waals surface area contributed by atoms with E-state index in [1.165, 1.54) is 6.20 Å². The summed E-state index contributed by atoms with van der Waals surface area (Å²) in [6.07, 6.45) is 5.16. The summed E-state index contributed by atoms with van der Waals surface area (Å²) in [6.45, 7) is 6.32. The Kier molecular flexibility index (Phi) is 4.69. The van der Waals surface area contributed by atoms with Gasteiger partial charge in [0.05, 0.1) is 5.69 Å². The van der Waals surface area contributed by atoms with Crippen LogP contribution in [0.5, 0.6) is 0 Å². The van der Waals surface area contributed by atoms with Crippen LogP contribution in [0.3, 0.4) is 0 Å². The number of pyridine rings is 1. The number of rotatable bonds is 6. The van der Waals surface area contributed by atoms with Crippen LogP contribution >= 0.6 is 0 Å². The van der Waals surface area contributed by atoms with Crippen molar-refractivity contribution in [2.45, 2.75) is 19.8 Å². The van der Waals surface area contributed by atoms with Crippen molar-refractivity contribution in [2.75, 3.05) is 18.5 Å². The number of anilines is 1. The second-order valence-electron chi connectivity index (χ2n) is 4.00. The molecule has 0 spiro atoms. The van der Waals surface area contributed by atoms with Crippen LogP contribution in [0.25, 0.3) is 0 Å². The summed E-state index contributed by atoms with van der Waals surface area (Å²) in [5, 5.41) is 9.09. The zero-order valence-electron chi connectivity index (χ0n) is 10.3. The topological polar surface area (TPSA) is 53.4 Å². The van der Waals surface area contributed by atoms with Gasteiger partial charge in [0.2, 0.25) is 0 Å². The highest BCUT2D eigenvalue weighted by atomic mass is 16.4. The number of aromatic nitrogens is 1. The maximum absolute atomic E-state index is 11.1. The number of hydrogen-bond acceptors (Lipinski definition) is 3. The van der Waals surface area contributed by atoms with Crippen LogP contribution < -0.4 is 4.90 Å². The van der Waals surface area contributed by atoms with E-state index < -0.39 is 5.97 Å². The van der Waals surface area contributed by atoms with Crippen molar-refractivity contribution in [1.82, 2.24) is 4.98 Å². The lowest BCUT2D eigenvalue weighted by Crippen LogP contribution is -2.21. The van der Waals surface area contributed by atoms with Crippen LogP contribution in [-0.4, -0.2) is 29.7 Å². The van der Waals surface area contributed by atoms with E-state index in [-0.39, 0.29) is 5.56 Å². The molecular weight excluding hydrogens is 216 g/mol. The van der Waals surface area contributed by atoms with Gasteiger partial charge >= 0.3 is 5.97 Å². The Balaban J connectivity index is 2.89. The van der Waals surface area contributed by atoms with Gasteiger partial charge in [0.1, 0.15) is 5.56 Å². The summed E-state index contributed by atoms with van der Waals surface area (Å²) < 4.78 is 0. The second-order valence-corrected chi connectivity index (χ2v) is 4.00. The lowest BCUT2D eigenvalue weighted by Gasteiger charge is -2.21. The number of hydrogen-bond donors (Lipinski definition) is 1. The maximum atomic E-state index is 11.1. The van der Waals surface area contributed by atoms with Crippen LogP contribution in [0.2, 0.25) is 0 Å². The van der Waals surface area contributed by atoms with Crippen LogP contribution in [0.1, 0.15) is 28.9 Å². The molecule has 0 aliphatic heterocycles. The first-order chi connectivity index (χ1) is 8.06. The lowest BCUT2D eigenvalue weighted by atomic mass is 10.2. The van der Waals surface area contributed by atoms with E-state index in [1.54, 1.807) is 6.07 Å². The number of carboxylic acid groups (broad SMARTS) is 1. The lowest BCUT2D eigenvalue weighted by molar-refractivity contribution is 0.0697. The molecule has 0 saturated heterocycles. The fourth-order valence-corrected chi connectivity index (χ4v) is 1.62. The predicted molar refractivity (Wildman–Crippen MR) is 68.6 cm³/mol. The van der Waals surface area contributed by atoms with Crippen LogP contribution in [-0.2, 0) is 0 Å². The number of carbonyl (C=O) groups is 1. The van der Waals surface area contributed by atoms with E-state index in [9.17, 15) is 4.79 Å². The molecule has 17 heavy (non-hydrogen) atoms. The molecule has 0 atom stereocenters. The molecule has 1 aromatic heterocycles. The summed E-state index contributed by atoms with van der Waals surface area (Å²) >= 11 is 0. The highest BCUT2D eigenvalue weighted by molar-refractivity contribution is 5.94. The molecule has 0 saturated carbocycles. The standard InChI is InChI=1S/C13H18N2O2/c1-4-5-6-7-15(3)12-8-10(2)14-9-11(12)13(16)17/h4,8-9H,1,5-7H2,2-3H3,(H,16,17). The monoisotopic (exact) mass is 234 g/mol. The highest BCUT2D eigenvalue weighted by Gasteiger charge is 2.13. The molecule has 4 heteroatoms. The predicted octanol–water partition coefficient (Wildman–Crippen LogP) is 2.49. The van der Waals surface area contributed by atoms with Gasteiger partial charge in [-0.1, -0.05) is 6.08 Å². The summed E-state index contributed by atoms with van der Waals surface area (Å²) in [4.78, 5) is 17.0. The highest BCUT2D eigenvalue weighted by Crippen LogP contribution is 2.20. The molecule has 0 fully saturated rings. The van der Waals surface area contributed by atoms with E-state index in [0.29, 0.717) is 5.69 Å². The van der Waals surface area contributed by atoms with Gasteiger partial charge in [0.15, 0.2) is 0 Å². The number of aromatic carboxylic acids is 1. The molecule has 0 aliphatic rings. The van der Waals surface area contributed by atoms with Gasteiger partial charge in [-0.15, -0.1) is 6.58 Å². The molecule has 0 aliphatic carbocycles. The number of aryl methyl sites for hydroxylation is 1. The smallest absolute Gasteiger partial charge is 0.339 e. The van der Waals surface area contributed by atoms with E-state index >= 15 is 0 Å². The van der Waals surface area contributed by atoms with Crippen molar-refractivity contribution >= 4 is 11.7 Å². The molecule has 1 heterocycles. The van der Waals surface area contributed by atoms with Crippen LogP contribution in [0, 0.1) is 6.92 Å². The van der Waals surface area contributed by atoms with Crippen molar-refractivity contribution in [1.29, 1.82) is 0 Å². The van der Waals surface area contributed by atoms with Gasteiger partial charge in [-0.25, -0.2) is 4.79 Å². The summed E-state index contributed by atoms with van der Waals surface area (Å²) in [6, 6.07) is 1.80. The van der Waals surface area contributed by atoms with Crippen molar-refractivity contribution in [3.63, 3.8) is 0 Å². The number of allylic oxidation sites excluding steroid dienone is 1. The molecular formula is C13H18N2O2. The van der Waals surface area contributed by atoms with Gasteiger partial charge in [0.25, 0.3) is 0 Å². The van der Waals surface area contributed by atoms with Gasteiger partial charge in [-0.05, 0) is 25.8 Å². The zero-order valence-corrected chi connectivity index (χ0v) is 10.3. The zero-order chi connectivity index (χ0) is 12.8. The fourth-order valence-electron chi connectivity index (χ4n) is 1.62. The Morgan fingerprint density at radius 3 is 2.94 bits per heavy atom. The fraction of sp³-hybridized carbons (Fsp3) is 0.385. The first-order valence-electron chi connectivity index (χ1n) is 5.58. The minimum atomic E-state index is -0.942. The molecule has 92 valence electrons. The van der Waals surface area contributed by atoms with Crippen molar-refractivity contribution in [3.05, 3.63) is 36.2 Å². The number of carboxylic acids is 1. The summed E-state index contributed by atoms with van der Waals surface area (Å²) in [5.74, 6) is -0.942. The molecule has 0 unspecified atom stereocenters. The molecule has 1 rings (SSSR count). The Labute approximate surface area is 102 Å². The maximum Gasteiger partial charge on any atom is 0.339 e. The Bertz CT molecular complexity index is 416. The van der Waals surface area contributed by atoms with Crippen molar-refractivity contribution in [2.24, 2.45) is 0 Å². The molecule has 1 aromatic rings. The van der Waals surface area contributed by atoms with Crippen LogP contribution in [0.15, 0.2) is 24.9 Å². The number of unbranched alkanes of at least 4 members (excludes halogenated alkanes) is 1. The molecule has 4 nitrogen and oxygen atoms in total. The SMILES string of the molecule is C=CCCCN(C)c1cc(C)ncc1C(=O)O. The summed E-state index contributed by atoms with van der Waals surface area (Å²) in [5.41, 5.74) is 1.78. The molecule has 0 amide bonds. The largest absolute Gasteiger partial charge is 0.478 e. The van der Waals surface area contributed by atoms with Gasteiger partial charge in [0, 0.05) is 25.5 Å². The van der Waals surface area contributed by atoms with Gasteiger partial charge < -0.3 is 10.0 Å². The van der Waals surface area contributed by atoms with E-state index in [1.807, 2.05) is 24.9 Å². The minimum Gasteiger partial charge on any atom is -0.478 e. The van der Waals surface area contributed by atoms with Crippen molar-refractivity contribution < 1.29 is 9.90 Å². The van der Waals surface area contributed by atoms with Crippen LogP contribution in [0.4, 0.5) is 5.69 Å². The molecule has 0 aromatic carbocycles.